The minimum atomic E-state index is -2.94. The van der Waals surface area contributed by atoms with Gasteiger partial charge in [0.15, 0.2) is 9.84 Å². The van der Waals surface area contributed by atoms with E-state index in [1.54, 1.807) is 0 Å². The van der Waals surface area contributed by atoms with Crippen molar-refractivity contribution in [3.8, 4) is 0 Å². The fourth-order valence-electron chi connectivity index (χ4n) is 2.70. The van der Waals surface area contributed by atoms with Gasteiger partial charge in [-0.05, 0) is 31.2 Å². The predicted molar refractivity (Wildman–Crippen MR) is 68.0 cm³/mol. The molecule has 0 aromatic carbocycles. The molecule has 16 heavy (non-hydrogen) atoms. The molecule has 1 fully saturated rings. The van der Waals surface area contributed by atoms with E-state index in [1.807, 2.05) is 6.92 Å². The van der Waals surface area contributed by atoms with Crippen molar-refractivity contribution < 1.29 is 8.42 Å². The van der Waals surface area contributed by atoms with Crippen molar-refractivity contribution in [1.29, 1.82) is 0 Å². The van der Waals surface area contributed by atoms with Crippen LogP contribution in [0.2, 0.25) is 0 Å². The molecule has 1 rings (SSSR count). The number of rotatable bonds is 5. The standard InChI is InChI=1S/C12H25NO2S/c1-3-11-6-4-5-7-12(11)16(14,15)9-10(2)8-13/h10-12H,3-9,13H2,1-2H3. The van der Waals surface area contributed by atoms with Gasteiger partial charge in [0.05, 0.1) is 11.0 Å². The smallest absolute Gasteiger partial charge is 0.153 e. The Morgan fingerprint density at radius 2 is 1.94 bits per heavy atom. The van der Waals surface area contributed by atoms with E-state index in [2.05, 4.69) is 6.92 Å². The molecule has 3 unspecified atom stereocenters. The molecule has 0 spiro atoms. The Hall–Kier alpha value is -0.0900. The topological polar surface area (TPSA) is 60.2 Å². The van der Waals surface area contributed by atoms with Gasteiger partial charge in [0, 0.05) is 0 Å². The van der Waals surface area contributed by atoms with E-state index >= 15 is 0 Å². The second-order valence-electron chi connectivity index (χ2n) is 5.16. The van der Waals surface area contributed by atoms with Crippen molar-refractivity contribution in [3.63, 3.8) is 0 Å². The van der Waals surface area contributed by atoms with Gasteiger partial charge >= 0.3 is 0 Å². The average molecular weight is 247 g/mol. The van der Waals surface area contributed by atoms with E-state index in [9.17, 15) is 8.42 Å². The van der Waals surface area contributed by atoms with Crippen LogP contribution in [0.1, 0.15) is 46.0 Å². The average Bonchev–Trinajstić information content (AvgIpc) is 2.28. The number of hydrogen-bond donors (Lipinski definition) is 1. The molecule has 1 aliphatic rings. The van der Waals surface area contributed by atoms with E-state index in [-0.39, 0.29) is 16.9 Å². The highest BCUT2D eigenvalue weighted by Gasteiger charge is 2.34. The maximum absolute atomic E-state index is 12.3. The summed E-state index contributed by atoms with van der Waals surface area (Å²) in [6.45, 7) is 4.48. The van der Waals surface area contributed by atoms with Gasteiger partial charge in [0.25, 0.3) is 0 Å². The lowest BCUT2D eigenvalue weighted by Crippen LogP contribution is -2.36. The van der Waals surface area contributed by atoms with Crippen molar-refractivity contribution in [3.05, 3.63) is 0 Å². The lowest BCUT2D eigenvalue weighted by Gasteiger charge is -2.31. The molecule has 96 valence electrons. The highest BCUT2D eigenvalue weighted by Crippen LogP contribution is 2.32. The molecule has 0 aromatic rings. The molecular weight excluding hydrogens is 222 g/mol. The van der Waals surface area contributed by atoms with E-state index in [1.165, 1.54) is 6.42 Å². The van der Waals surface area contributed by atoms with Crippen molar-refractivity contribution >= 4 is 9.84 Å². The van der Waals surface area contributed by atoms with Crippen LogP contribution in [0.5, 0.6) is 0 Å². The Kier molecular flexibility index (Phi) is 5.25. The zero-order valence-electron chi connectivity index (χ0n) is 10.5. The summed E-state index contributed by atoms with van der Waals surface area (Å²) in [6.07, 6.45) is 5.19. The van der Waals surface area contributed by atoms with Crippen LogP contribution in [0, 0.1) is 11.8 Å². The summed E-state index contributed by atoms with van der Waals surface area (Å²) in [5.74, 6) is 0.734. The largest absolute Gasteiger partial charge is 0.330 e. The number of sulfone groups is 1. The first-order chi connectivity index (χ1) is 7.51. The first kappa shape index (κ1) is 14.0. The molecule has 0 radical (unpaired) electrons. The highest BCUT2D eigenvalue weighted by molar-refractivity contribution is 7.92. The quantitative estimate of drug-likeness (QED) is 0.808. The summed E-state index contributed by atoms with van der Waals surface area (Å²) in [7, 11) is -2.94. The molecule has 4 heteroatoms. The van der Waals surface area contributed by atoms with Gasteiger partial charge < -0.3 is 5.73 Å². The van der Waals surface area contributed by atoms with Crippen LogP contribution in [0.25, 0.3) is 0 Å². The van der Waals surface area contributed by atoms with Crippen LogP contribution in [0.3, 0.4) is 0 Å². The van der Waals surface area contributed by atoms with Gasteiger partial charge in [-0.1, -0.05) is 33.1 Å². The van der Waals surface area contributed by atoms with Gasteiger partial charge in [-0.15, -0.1) is 0 Å². The Morgan fingerprint density at radius 1 is 1.31 bits per heavy atom. The van der Waals surface area contributed by atoms with Crippen LogP contribution in [-0.2, 0) is 9.84 Å². The van der Waals surface area contributed by atoms with Gasteiger partial charge in [0.2, 0.25) is 0 Å². The molecule has 0 amide bonds. The number of hydrogen-bond acceptors (Lipinski definition) is 3. The lowest BCUT2D eigenvalue weighted by molar-refractivity contribution is 0.346. The fraction of sp³-hybridized carbons (Fsp3) is 1.00. The monoisotopic (exact) mass is 247 g/mol. The Morgan fingerprint density at radius 3 is 2.50 bits per heavy atom. The zero-order valence-corrected chi connectivity index (χ0v) is 11.3. The predicted octanol–water partition coefficient (Wildman–Crippen LogP) is 1.96. The minimum absolute atomic E-state index is 0.0874. The molecule has 0 heterocycles. The van der Waals surface area contributed by atoms with Crippen molar-refractivity contribution in [2.24, 2.45) is 17.6 Å². The molecule has 3 nitrogen and oxygen atoms in total. The molecule has 0 bridgehead atoms. The summed E-state index contributed by atoms with van der Waals surface area (Å²) in [5, 5.41) is -0.0970. The van der Waals surface area contributed by atoms with Crippen molar-refractivity contribution in [2.45, 2.75) is 51.2 Å². The Balaban J connectivity index is 2.72. The lowest BCUT2D eigenvalue weighted by atomic mass is 9.87. The van der Waals surface area contributed by atoms with Crippen LogP contribution in [0.4, 0.5) is 0 Å². The van der Waals surface area contributed by atoms with Crippen molar-refractivity contribution in [1.82, 2.24) is 0 Å². The highest BCUT2D eigenvalue weighted by atomic mass is 32.2. The molecule has 2 N–H and O–H groups in total. The molecule has 1 saturated carbocycles. The first-order valence-corrected chi connectivity index (χ1v) is 8.14. The Bertz CT molecular complexity index is 300. The van der Waals surface area contributed by atoms with E-state index in [4.69, 9.17) is 5.73 Å². The summed E-state index contributed by atoms with van der Waals surface area (Å²) >= 11 is 0. The summed E-state index contributed by atoms with van der Waals surface area (Å²) in [5.41, 5.74) is 5.51. The third kappa shape index (κ3) is 3.45. The minimum Gasteiger partial charge on any atom is -0.330 e. The van der Waals surface area contributed by atoms with Crippen LogP contribution in [0.15, 0.2) is 0 Å². The maximum Gasteiger partial charge on any atom is 0.153 e. The zero-order chi connectivity index (χ0) is 12.2. The van der Waals surface area contributed by atoms with Crippen LogP contribution in [-0.4, -0.2) is 26.0 Å². The van der Waals surface area contributed by atoms with Crippen LogP contribution >= 0.6 is 0 Å². The summed E-state index contributed by atoms with van der Waals surface area (Å²) < 4.78 is 24.5. The molecule has 0 saturated heterocycles. The van der Waals surface area contributed by atoms with Crippen LogP contribution < -0.4 is 5.73 Å². The third-order valence-electron chi connectivity index (χ3n) is 3.74. The second kappa shape index (κ2) is 6.01. The van der Waals surface area contributed by atoms with Gasteiger partial charge in [0.1, 0.15) is 0 Å². The van der Waals surface area contributed by atoms with Crippen molar-refractivity contribution in [2.75, 3.05) is 12.3 Å². The first-order valence-electron chi connectivity index (χ1n) is 6.42. The van der Waals surface area contributed by atoms with E-state index < -0.39 is 9.84 Å². The second-order valence-corrected chi connectivity index (χ2v) is 7.43. The number of nitrogens with two attached hydrogens (primary N) is 1. The van der Waals surface area contributed by atoms with E-state index in [0.29, 0.717) is 12.5 Å². The SMILES string of the molecule is CCC1CCCCC1S(=O)(=O)CC(C)CN. The maximum atomic E-state index is 12.3. The third-order valence-corrected chi connectivity index (χ3v) is 6.32. The molecule has 0 aliphatic heterocycles. The molecular formula is C12H25NO2S. The van der Waals surface area contributed by atoms with Gasteiger partial charge in [-0.3, -0.25) is 0 Å². The summed E-state index contributed by atoms with van der Waals surface area (Å²) in [6, 6.07) is 0. The molecule has 3 atom stereocenters. The van der Waals surface area contributed by atoms with Gasteiger partial charge in [-0.25, -0.2) is 8.42 Å². The molecule has 0 aromatic heterocycles. The van der Waals surface area contributed by atoms with E-state index in [0.717, 1.165) is 25.7 Å². The van der Waals surface area contributed by atoms with Gasteiger partial charge in [-0.2, -0.15) is 0 Å². The molecule has 1 aliphatic carbocycles. The fourth-order valence-corrected chi connectivity index (χ4v) is 5.32. The summed E-state index contributed by atoms with van der Waals surface area (Å²) in [4.78, 5) is 0. The normalized spacial score (nSPS) is 28.9. The Labute approximate surface area is 99.7 Å².